The Balaban J connectivity index is 1.33. The summed E-state index contributed by atoms with van der Waals surface area (Å²) in [5.41, 5.74) is 5.75. The fourth-order valence-electron chi connectivity index (χ4n) is 6.31. The smallest absolute Gasteiger partial charge is 0.172 e. The average molecular weight is 595 g/mol. The van der Waals surface area contributed by atoms with E-state index in [4.69, 9.17) is 23.2 Å². The Morgan fingerprint density at radius 2 is 0.929 bits per heavy atom. The van der Waals surface area contributed by atoms with Gasteiger partial charge in [-0.05, 0) is 69.8 Å². The predicted molar refractivity (Wildman–Crippen MR) is 165 cm³/mol. The zero-order chi connectivity index (χ0) is 29.1. The zero-order valence-corrected chi connectivity index (χ0v) is 23.5. The molecule has 1 fully saturated rings. The average Bonchev–Trinajstić information content (AvgIpc) is 3.62. The van der Waals surface area contributed by atoms with Gasteiger partial charge in [0.25, 0.3) is 0 Å². The second-order valence-electron chi connectivity index (χ2n) is 10.6. The minimum atomic E-state index is -1.66. The van der Waals surface area contributed by atoms with Crippen LogP contribution in [0.25, 0.3) is 44.1 Å². The number of ketones is 2. The summed E-state index contributed by atoms with van der Waals surface area (Å²) in [6, 6.07) is 25.9. The van der Waals surface area contributed by atoms with E-state index in [1.807, 2.05) is 60.7 Å². The van der Waals surface area contributed by atoms with E-state index in [0.29, 0.717) is 31.9 Å². The van der Waals surface area contributed by atoms with Crippen LogP contribution >= 0.6 is 23.2 Å². The maximum Gasteiger partial charge on any atom is 0.172 e. The van der Waals surface area contributed by atoms with E-state index < -0.39 is 35.6 Å². The highest BCUT2D eigenvalue weighted by atomic mass is 35.5. The van der Waals surface area contributed by atoms with Gasteiger partial charge in [0.15, 0.2) is 11.6 Å². The number of nitrogens with one attached hydrogen (secondary N) is 2. The minimum Gasteiger partial charge on any atom is -0.384 e. The number of carbonyl (C=O) groups excluding carboxylic acids is 2. The molecule has 4 aromatic carbocycles. The first-order valence-corrected chi connectivity index (χ1v) is 14.2. The molecule has 1 saturated carbocycles. The summed E-state index contributed by atoms with van der Waals surface area (Å²) in [6.45, 7) is 0. The SMILES string of the molecule is O=C1C(O)C(c2c[nH]c3cccc(-c4ccc(Cl)cc4)c23)C(=O)C(O)C1c1c[nH]c2cccc(-c3ccc(Cl)cc3)c12. The van der Waals surface area contributed by atoms with Crippen molar-refractivity contribution in [3.8, 4) is 22.3 Å². The molecule has 0 aliphatic heterocycles. The predicted octanol–water partition coefficient (Wildman–Crippen LogP) is 7.03. The van der Waals surface area contributed by atoms with Gasteiger partial charge in [-0.15, -0.1) is 0 Å². The lowest BCUT2D eigenvalue weighted by atomic mass is 9.70. The lowest BCUT2D eigenvalue weighted by Crippen LogP contribution is -2.51. The molecule has 0 radical (unpaired) electrons. The van der Waals surface area contributed by atoms with E-state index >= 15 is 0 Å². The van der Waals surface area contributed by atoms with Gasteiger partial charge in [0, 0.05) is 44.2 Å². The molecule has 42 heavy (non-hydrogen) atoms. The van der Waals surface area contributed by atoms with E-state index in [0.717, 1.165) is 33.3 Å². The Kier molecular flexibility index (Phi) is 6.52. The number of aromatic nitrogens is 2. The van der Waals surface area contributed by atoms with Crippen LogP contribution in [0, 0.1) is 0 Å². The number of Topliss-reactive ketones (excluding diaryl/α,β-unsaturated/α-hetero) is 2. The first kappa shape index (κ1) is 26.7. The number of hydrogen-bond acceptors (Lipinski definition) is 4. The number of aliphatic hydroxyl groups is 2. The van der Waals surface area contributed by atoms with Crippen LogP contribution in [0.5, 0.6) is 0 Å². The van der Waals surface area contributed by atoms with E-state index in [2.05, 4.69) is 9.97 Å². The summed E-state index contributed by atoms with van der Waals surface area (Å²) in [6.07, 6.45) is -0.0345. The van der Waals surface area contributed by atoms with Gasteiger partial charge in [-0.3, -0.25) is 9.59 Å². The van der Waals surface area contributed by atoms with Crippen molar-refractivity contribution in [2.45, 2.75) is 24.0 Å². The maximum atomic E-state index is 13.9. The zero-order valence-electron chi connectivity index (χ0n) is 22.0. The van der Waals surface area contributed by atoms with E-state index in [9.17, 15) is 19.8 Å². The monoisotopic (exact) mass is 594 g/mol. The standard InChI is InChI=1S/C34H24Cl2N2O4/c35-19-11-7-17(8-12-19)21-3-1-5-25-27(21)23(15-37-25)29-31(39)33(41)30(34(42)32(29)40)24-16-38-26-6-2-4-22(28(24)26)18-9-13-20(36)14-10-18/h1-16,29-31,34,37-39,42H. The first-order valence-electron chi connectivity index (χ1n) is 13.5. The third-order valence-corrected chi connectivity index (χ3v) is 8.78. The Hall–Kier alpha value is -4.20. The van der Waals surface area contributed by atoms with Crippen molar-refractivity contribution in [2.24, 2.45) is 0 Å². The van der Waals surface area contributed by atoms with Gasteiger partial charge in [0.1, 0.15) is 12.2 Å². The van der Waals surface area contributed by atoms with Crippen molar-refractivity contribution in [3.05, 3.63) is 118 Å². The van der Waals surface area contributed by atoms with Crippen LogP contribution in [0.1, 0.15) is 23.0 Å². The molecule has 2 heterocycles. The number of rotatable bonds is 4. The molecule has 0 amide bonds. The normalized spacial score (nSPS) is 21.0. The third kappa shape index (κ3) is 4.18. The van der Waals surface area contributed by atoms with Gasteiger partial charge >= 0.3 is 0 Å². The van der Waals surface area contributed by atoms with Crippen molar-refractivity contribution in [3.63, 3.8) is 0 Å². The van der Waals surface area contributed by atoms with Gasteiger partial charge in [-0.1, -0.05) is 71.7 Å². The molecular weight excluding hydrogens is 571 g/mol. The summed E-state index contributed by atoms with van der Waals surface area (Å²) in [4.78, 5) is 34.2. The van der Waals surface area contributed by atoms with E-state index in [1.54, 1.807) is 36.7 Å². The molecule has 1 aliphatic carbocycles. The van der Waals surface area contributed by atoms with Crippen LogP contribution in [-0.4, -0.2) is 44.0 Å². The summed E-state index contributed by atoms with van der Waals surface area (Å²) in [7, 11) is 0. The molecule has 2 aromatic heterocycles. The molecule has 1 aliphatic rings. The molecule has 6 aromatic rings. The molecular formula is C34H24Cl2N2O4. The fourth-order valence-corrected chi connectivity index (χ4v) is 6.56. The fraction of sp³-hybridized carbons (Fsp3) is 0.118. The second kappa shape index (κ2) is 10.3. The number of aliphatic hydroxyl groups excluding tert-OH is 2. The Bertz CT molecular complexity index is 1850. The molecule has 4 atom stereocenters. The number of fused-ring (bicyclic) bond motifs is 2. The molecule has 8 heteroatoms. The van der Waals surface area contributed by atoms with Gasteiger partial charge in [0.2, 0.25) is 0 Å². The highest BCUT2D eigenvalue weighted by molar-refractivity contribution is 6.31. The second-order valence-corrected chi connectivity index (χ2v) is 11.5. The first-order chi connectivity index (χ1) is 20.3. The highest BCUT2D eigenvalue weighted by Crippen LogP contribution is 2.44. The van der Waals surface area contributed by atoms with Gasteiger partial charge in [-0.2, -0.15) is 0 Å². The molecule has 0 saturated heterocycles. The highest BCUT2D eigenvalue weighted by Gasteiger charge is 2.51. The molecule has 0 bridgehead atoms. The van der Waals surface area contributed by atoms with Gasteiger partial charge < -0.3 is 20.2 Å². The number of halogens is 2. The quantitative estimate of drug-likeness (QED) is 0.176. The molecule has 6 nitrogen and oxygen atoms in total. The van der Waals surface area contributed by atoms with Crippen LogP contribution in [0.3, 0.4) is 0 Å². The lowest BCUT2D eigenvalue weighted by molar-refractivity contribution is -0.149. The van der Waals surface area contributed by atoms with E-state index in [-0.39, 0.29) is 0 Å². The van der Waals surface area contributed by atoms with Crippen molar-refractivity contribution < 1.29 is 19.8 Å². The molecule has 7 rings (SSSR count). The number of carbonyl (C=O) groups is 2. The van der Waals surface area contributed by atoms with Crippen LogP contribution in [0.4, 0.5) is 0 Å². The largest absolute Gasteiger partial charge is 0.384 e. The minimum absolute atomic E-state index is 0.458. The van der Waals surface area contributed by atoms with Crippen molar-refractivity contribution >= 4 is 56.6 Å². The van der Waals surface area contributed by atoms with Crippen LogP contribution < -0.4 is 0 Å². The van der Waals surface area contributed by atoms with Crippen molar-refractivity contribution in [1.29, 1.82) is 0 Å². The third-order valence-electron chi connectivity index (χ3n) is 8.28. The number of H-pyrrole nitrogens is 2. The lowest BCUT2D eigenvalue weighted by Gasteiger charge is -2.34. The van der Waals surface area contributed by atoms with Gasteiger partial charge in [0.05, 0.1) is 11.8 Å². The molecule has 0 spiro atoms. The molecule has 4 unspecified atom stereocenters. The molecule has 4 N–H and O–H groups in total. The summed E-state index contributed by atoms with van der Waals surface area (Å²) >= 11 is 12.2. The van der Waals surface area contributed by atoms with Crippen LogP contribution in [0.2, 0.25) is 10.0 Å². The van der Waals surface area contributed by atoms with Crippen LogP contribution in [0.15, 0.2) is 97.3 Å². The van der Waals surface area contributed by atoms with E-state index in [1.165, 1.54) is 0 Å². The Morgan fingerprint density at radius 3 is 1.31 bits per heavy atom. The number of hydrogen-bond donors (Lipinski definition) is 4. The number of benzene rings is 4. The maximum absolute atomic E-state index is 13.9. The van der Waals surface area contributed by atoms with Gasteiger partial charge in [-0.25, -0.2) is 0 Å². The Labute approximate surface area is 250 Å². The number of aromatic amines is 2. The summed E-state index contributed by atoms with van der Waals surface area (Å²) in [5.74, 6) is -3.71. The summed E-state index contributed by atoms with van der Waals surface area (Å²) in [5, 5.41) is 25.5. The van der Waals surface area contributed by atoms with Crippen molar-refractivity contribution in [2.75, 3.05) is 0 Å². The molecule has 208 valence electrons. The topological polar surface area (TPSA) is 106 Å². The Morgan fingerprint density at radius 1 is 0.548 bits per heavy atom. The van der Waals surface area contributed by atoms with Crippen molar-refractivity contribution in [1.82, 2.24) is 9.97 Å². The summed E-state index contributed by atoms with van der Waals surface area (Å²) < 4.78 is 0. The van der Waals surface area contributed by atoms with Crippen LogP contribution in [-0.2, 0) is 9.59 Å².